The van der Waals surface area contributed by atoms with E-state index in [1.807, 2.05) is 0 Å². The molecule has 0 radical (unpaired) electrons. The van der Waals surface area contributed by atoms with E-state index in [2.05, 4.69) is 4.85 Å². The second kappa shape index (κ2) is 3.98. The molecule has 0 aliphatic rings. The van der Waals surface area contributed by atoms with Crippen LogP contribution in [0, 0.1) is 6.57 Å². The first kappa shape index (κ1) is 11.0. The molecule has 0 N–H and O–H groups in total. The van der Waals surface area contributed by atoms with E-state index in [-0.39, 0.29) is 0 Å². The monoisotopic (exact) mass is 211 g/mol. The predicted octanol–water partition coefficient (Wildman–Crippen LogP) is 4.05. The molecule has 3 heteroatoms. The number of halogens is 2. The number of nitrogens with zero attached hydrogens (tertiary/aromatic N) is 1. The van der Waals surface area contributed by atoms with E-state index in [0.29, 0.717) is 10.6 Å². The highest BCUT2D eigenvalue weighted by atomic mass is 35.5. The van der Waals surface area contributed by atoms with Crippen LogP contribution in [0.15, 0.2) is 24.3 Å². The number of alkyl halides is 1. The van der Waals surface area contributed by atoms with Crippen molar-refractivity contribution >= 4 is 11.6 Å². The van der Waals surface area contributed by atoms with E-state index in [0.717, 1.165) is 0 Å². The Morgan fingerprint density at radius 2 is 1.86 bits per heavy atom. The summed E-state index contributed by atoms with van der Waals surface area (Å²) >= 11 is 5.70. The van der Waals surface area contributed by atoms with Crippen molar-refractivity contribution in [1.29, 1.82) is 0 Å². The first-order valence-corrected chi connectivity index (χ1v) is 4.64. The van der Waals surface area contributed by atoms with Gasteiger partial charge in [0, 0.05) is 10.6 Å². The minimum Gasteiger partial charge on any atom is -0.305 e. The van der Waals surface area contributed by atoms with Crippen molar-refractivity contribution in [3.05, 3.63) is 46.3 Å². The summed E-state index contributed by atoms with van der Waals surface area (Å²) in [5.41, 5.74) is -0.868. The summed E-state index contributed by atoms with van der Waals surface area (Å²) < 4.78 is 13.6. The zero-order valence-electron chi connectivity index (χ0n) is 8.09. The predicted molar refractivity (Wildman–Crippen MR) is 56.0 cm³/mol. The lowest BCUT2D eigenvalue weighted by Crippen LogP contribution is -2.20. The normalized spacial score (nSPS) is 13.4. The van der Waals surface area contributed by atoms with Crippen molar-refractivity contribution in [1.82, 2.24) is 0 Å². The molecule has 1 aromatic rings. The molecule has 1 aromatic carbocycles. The van der Waals surface area contributed by atoms with Gasteiger partial charge in [-0.2, -0.15) is 0 Å². The lowest BCUT2D eigenvalue weighted by molar-refractivity contribution is 0.193. The highest BCUT2D eigenvalue weighted by Crippen LogP contribution is 2.32. The second-order valence-electron chi connectivity index (χ2n) is 3.65. The van der Waals surface area contributed by atoms with Gasteiger partial charge < -0.3 is 4.85 Å². The molecule has 0 bridgehead atoms. The molecular weight excluding hydrogens is 201 g/mol. The zero-order chi connectivity index (χ0) is 10.8. The van der Waals surface area contributed by atoms with Crippen molar-refractivity contribution < 1.29 is 4.39 Å². The maximum absolute atomic E-state index is 13.6. The van der Waals surface area contributed by atoms with E-state index in [1.165, 1.54) is 13.8 Å². The molecule has 1 nitrogen and oxygen atoms in total. The summed E-state index contributed by atoms with van der Waals surface area (Å²) in [6.07, 6.45) is 0. The van der Waals surface area contributed by atoms with E-state index in [1.54, 1.807) is 24.3 Å². The molecule has 74 valence electrons. The Morgan fingerprint density at radius 1 is 1.36 bits per heavy atom. The van der Waals surface area contributed by atoms with Crippen molar-refractivity contribution in [2.45, 2.75) is 25.6 Å². The molecular formula is C11H11ClFN. The summed E-state index contributed by atoms with van der Waals surface area (Å²) in [6, 6.07) is 5.94. The van der Waals surface area contributed by atoms with Crippen molar-refractivity contribution in [3.8, 4) is 0 Å². The molecule has 0 aliphatic heterocycles. The Balaban J connectivity index is 3.04. The fourth-order valence-corrected chi connectivity index (χ4v) is 1.40. The topological polar surface area (TPSA) is 4.36 Å². The molecule has 0 fully saturated rings. The van der Waals surface area contributed by atoms with Gasteiger partial charge in [-0.15, -0.1) is 0 Å². The van der Waals surface area contributed by atoms with E-state index in [4.69, 9.17) is 18.2 Å². The smallest absolute Gasteiger partial charge is 0.281 e. The number of hydrogen-bond donors (Lipinski definition) is 0. The summed E-state index contributed by atoms with van der Waals surface area (Å²) in [7, 11) is 0. The van der Waals surface area contributed by atoms with E-state index >= 15 is 0 Å². The summed E-state index contributed by atoms with van der Waals surface area (Å²) in [4.78, 5) is 3.29. The number of hydrogen-bond acceptors (Lipinski definition) is 0. The standard InChI is InChI=1S/C11H11ClFN/c1-11(2,13)10(14-3)8-4-6-9(12)7-5-8/h4-7,10H,1-2H3. The zero-order valence-corrected chi connectivity index (χ0v) is 8.85. The maximum Gasteiger partial charge on any atom is 0.281 e. The minimum atomic E-state index is -1.53. The van der Waals surface area contributed by atoms with Crippen molar-refractivity contribution in [2.75, 3.05) is 0 Å². The van der Waals surface area contributed by atoms with Gasteiger partial charge in [0.1, 0.15) is 0 Å². The molecule has 14 heavy (non-hydrogen) atoms. The molecule has 1 rings (SSSR count). The third-order valence-electron chi connectivity index (χ3n) is 1.97. The van der Waals surface area contributed by atoms with E-state index in [9.17, 15) is 4.39 Å². The minimum absolute atomic E-state index is 0.592. The van der Waals surface area contributed by atoms with Gasteiger partial charge in [0.25, 0.3) is 6.04 Å². The third kappa shape index (κ3) is 2.46. The van der Waals surface area contributed by atoms with Gasteiger partial charge in [0.05, 0.1) is 0 Å². The SMILES string of the molecule is [C-]#[N+]C(c1ccc(Cl)cc1)C(C)(C)F. The molecule has 1 unspecified atom stereocenters. The van der Waals surface area contributed by atoms with Crippen LogP contribution in [0.1, 0.15) is 25.5 Å². The number of rotatable bonds is 2. The fourth-order valence-electron chi connectivity index (χ4n) is 1.27. The molecule has 0 spiro atoms. The Hall–Kier alpha value is -1.07. The van der Waals surface area contributed by atoms with Gasteiger partial charge in [-0.1, -0.05) is 11.6 Å². The van der Waals surface area contributed by atoms with Gasteiger partial charge in [-0.05, 0) is 38.1 Å². The quantitative estimate of drug-likeness (QED) is 0.650. The summed E-state index contributed by atoms with van der Waals surface area (Å²) in [5, 5.41) is 0.592. The van der Waals surface area contributed by atoms with Gasteiger partial charge in [0.2, 0.25) is 0 Å². The van der Waals surface area contributed by atoms with Crippen LogP contribution in [0.5, 0.6) is 0 Å². The maximum atomic E-state index is 13.6. The van der Waals surface area contributed by atoms with E-state index < -0.39 is 11.7 Å². The molecule has 0 heterocycles. The van der Waals surface area contributed by atoms with Crippen LogP contribution in [-0.2, 0) is 0 Å². The van der Waals surface area contributed by atoms with Gasteiger partial charge in [-0.3, -0.25) is 0 Å². The van der Waals surface area contributed by atoms with Crippen molar-refractivity contribution in [3.63, 3.8) is 0 Å². The largest absolute Gasteiger partial charge is 0.305 e. The highest BCUT2D eigenvalue weighted by Gasteiger charge is 2.36. The first-order chi connectivity index (χ1) is 6.45. The summed E-state index contributed by atoms with van der Waals surface area (Å²) in [5.74, 6) is 0. The molecule has 0 aromatic heterocycles. The molecule has 0 saturated heterocycles. The Labute approximate surface area is 88.3 Å². The highest BCUT2D eigenvalue weighted by molar-refractivity contribution is 6.30. The molecule has 0 aliphatic carbocycles. The van der Waals surface area contributed by atoms with Crippen LogP contribution in [0.2, 0.25) is 5.02 Å². The van der Waals surface area contributed by atoms with Crippen LogP contribution in [-0.4, -0.2) is 5.67 Å². The lowest BCUT2D eigenvalue weighted by Gasteiger charge is -2.16. The summed E-state index contributed by atoms with van der Waals surface area (Å²) in [6.45, 7) is 9.77. The van der Waals surface area contributed by atoms with Crippen LogP contribution in [0.3, 0.4) is 0 Å². The van der Waals surface area contributed by atoms with Gasteiger partial charge in [-0.25, -0.2) is 11.0 Å². The Morgan fingerprint density at radius 3 is 2.21 bits per heavy atom. The average Bonchev–Trinajstić information content (AvgIpc) is 2.07. The molecule has 0 amide bonds. The average molecular weight is 212 g/mol. The number of benzene rings is 1. The fraction of sp³-hybridized carbons (Fsp3) is 0.364. The molecule has 0 saturated carbocycles. The van der Waals surface area contributed by atoms with Crippen LogP contribution in [0.25, 0.3) is 4.85 Å². The second-order valence-corrected chi connectivity index (χ2v) is 4.08. The van der Waals surface area contributed by atoms with Crippen LogP contribution in [0.4, 0.5) is 4.39 Å². The van der Waals surface area contributed by atoms with Crippen LogP contribution >= 0.6 is 11.6 Å². The van der Waals surface area contributed by atoms with Crippen LogP contribution < -0.4 is 0 Å². The molecule has 1 atom stereocenters. The first-order valence-electron chi connectivity index (χ1n) is 4.26. The van der Waals surface area contributed by atoms with Gasteiger partial charge in [0.15, 0.2) is 5.67 Å². The third-order valence-corrected chi connectivity index (χ3v) is 2.22. The lowest BCUT2D eigenvalue weighted by atomic mass is 9.94. The van der Waals surface area contributed by atoms with Gasteiger partial charge >= 0.3 is 0 Å². The van der Waals surface area contributed by atoms with Crippen molar-refractivity contribution in [2.24, 2.45) is 0 Å². The Kier molecular flexibility index (Phi) is 3.13. The Bertz CT molecular complexity index is 345.